The molecule has 110 valence electrons. The Hall–Kier alpha value is -2.07. The Labute approximate surface area is 125 Å². The molecule has 0 radical (unpaired) electrons. The quantitative estimate of drug-likeness (QED) is 0.844. The van der Waals surface area contributed by atoms with Gasteiger partial charge in [-0.25, -0.2) is 0 Å². The van der Waals surface area contributed by atoms with E-state index in [-0.39, 0.29) is 0 Å². The first kappa shape index (κ1) is 13.9. The van der Waals surface area contributed by atoms with Crippen LogP contribution in [-0.2, 0) is 6.54 Å². The van der Waals surface area contributed by atoms with E-state index in [2.05, 4.69) is 10.3 Å². The van der Waals surface area contributed by atoms with Crippen LogP contribution >= 0.6 is 0 Å². The fourth-order valence-corrected chi connectivity index (χ4v) is 2.12. The lowest BCUT2D eigenvalue weighted by Crippen LogP contribution is -2.15. The second-order valence-corrected chi connectivity index (χ2v) is 5.12. The summed E-state index contributed by atoms with van der Waals surface area (Å²) in [7, 11) is 0. The lowest BCUT2D eigenvalue weighted by atomic mass is 10.2. The maximum absolute atomic E-state index is 6.04. The molecular weight excluding hydrogens is 264 g/mol. The second-order valence-electron chi connectivity index (χ2n) is 5.12. The Morgan fingerprint density at radius 3 is 2.71 bits per heavy atom. The van der Waals surface area contributed by atoms with Crippen molar-refractivity contribution in [3.05, 3.63) is 48.3 Å². The summed E-state index contributed by atoms with van der Waals surface area (Å²) >= 11 is 0. The molecule has 1 aromatic carbocycles. The highest BCUT2D eigenvalue weighted by Gasteiger charge is 2.20. The van der Waals surface area contributed by atoms with E-state index >= 15 is 0 Å². The summed E-state index contributed by atoms with van der Waals surface area (Å²) in [4.78, 5) is 4.19. The summed E-state index contributed by atoms with van der Waals surface area (Å²) in [5, 5.41) is 3.49. The van der Waals surface area contributed by atoms with Crippen LogP contribution < -0.4 is 14.8 Å². The van der Waals surface area contributed by atoms with Crippen molar-refractivity contribution >= 4 is 0 Å². The number of nitrogens with zero attached hydrogens (tertiary/aromatic N) is 1. The molecule has 1 N–H and O–H groups in total. The number of aromatic nitrogens is 1. The molecule has 0 atom stereocenters. The monoisotopic (exact) mass is 284 g/mol. The van der Waals surface area contributed by atoms with Crippen LogP contribution in [0.5, 0.6) is 17.2 Å². The van der Waals surface area contributed by atoms with Gasteiger partial charge in [0.05, 0.1) is 6.61 Å². The smallest absolute Gasteiger partial charge is 0.169 e. The van der Waals surface area contributed by atoms with Gasteiger partial charge in [0.2, 0.25) is 0 Å². The van der Waals surface area contributed by atoms with Crippen molar-refractivity contribution in [3.8, 4) is 17.2 Å². The Morgan fingerprint density at radius 1 is 1.14 bits per heavy atom. The summed E-state index contributed by atoms with van der Waals surface area (Å²) in [5.74, 6) is 2.32. The normalized spacial score (nSPS) is 14.0. The molecule has 4 nitrogen and oxygen atoms in total. The molecule has 3 rings (SSSR count). The van der Waals surface area contributed by atoms with Gasteiger partial charge >= 0.3 is 0 Å². The van der Waals surface area contributed by atoms with Crippen molar-refractivity contribution < 1.29 is 9.47 Å². The van der Waals surface area contributed by atoms with Gasteiger partial charge in [0, 0.05) is 30.5 Å². The molecule has 0 spiro atoms. The van der Waals surface area contributed by atoms with Crippen LogP contribution in [0.15, 0.2) is 42.7 Å². The van der Waals surface area contributed by atoms with E-state index in [0.717, 1.165) is 29.4 Å². The molecule has 21 heavy (non-hydrogen) atoms. The third-order valence-corrected chi connectivity index (χ3v) is 3.39. The Kier molecular flexibility index (Phi) is 4.36. The Morgan fingerprint density at radius 2 is 1.95 bits per heavy atom. The minimum absolute atomic E-state index is 0.618. The first-order chi connectivity index (χ1) is 10.4. The molecule has 0 unspecified atom stereocenters. The predicted octanol–water partition coefficient (Wildman–Crippen LogP) is 3.52. The molecular formula is C17H20N2O2. The van der Waals surface area contributed by atoms with Crippen LogP contribution in [-0.4, -0.2) is 17.6 Å². The van der Waals surface area contributed by atoms with Crippen molar-refractivity contribution in [2.75, 3.05) is 6.61 Å². The fraction of sp³-hybridized carbons (Fsp3) is 0.353. The van der Waals surface area contributed by atoms with Crippen LogP contribution in [0.4, 0.5) is 0 Å². The summed E-state index contributed by atoms with van der Waals surface area (Å²) in [6.45, 7) is 3.37. The average molecular weight is 284 g/mol. The molecule has 1 aliphatic rings. The van der Waals surface area contributed by atoms with Gasteiger partial charge in [-0.15, -0.1) is 0 Å². The molecule has 2 aromatic rings. The van der Waals surface area contributed by atoms with E-state index in [9.17, 15) is 0 Å². The highest BCUT2D eigenvalue weighted by atomic mass is 16.5. The van der Waals surface area contributed by atoms with Crippen LogP contribution in [0, 0.1) is 0 Å². The Balaban J connectivity index is 1.77. The van der Waals surface area contributed by atoms with Crippen molar-refractivity contribution in [2.24, 2.45) is 0 Å². The van der Waals surface area contributed by atoms with Crippen LogP contribution in [0.25, 0.3) is 0 Å². The molecule has 1 aliphatic carbocycles. The third kappa shape index (κ3) is 3.73. The van der Waals surface area contributed by atoms with Gasteiger partial charge < -0.3 is 14.8 Å². The number of nitrogens with one attached hydrogen (secondary N) is 1. The molecule has 1 aromatic heterocycles. The highest BCUT2D eigenvalue weighted by Crippen LogP contribution is 2.33. The van der Waals surface area contributed by atoms with E-state index in [1.165, 1.54) is 12.8 Å². The minimum atomic E-state index is 0.618. The van der Waals surface area contributed by atoms with E-state index in [1.54, 1.807) is 6.20 Å². The van der Waals surface area contributed by atoms with Gasteiger partial charge in [0.1, 0.15) is 5.75 Å². The number of hydrogen-bond donors (Lipinski definition) is 1. The van der Waals surface area contributed by atoms with Gasteiger partial charge in [0.25, 0.3) is 0 Å². The number of rotatable bonds is 7. The number of pyridine rings is 1. The van der Waals surface area contributed by atoms with E-state index < -0.39 is 0 Å². The number of hydrogen-bond acceptors (Lipinski definition) is 4. The Bertz CT molecular complexity index is 597. The van der Waals surface area contributed by atoms with Gasteiger partial charge in [-0.2, -0.15) is 0 Å². The first-order valence-corrected chi connectivity index (χ1v) is 7.42. The van der Waals surface area contributed by atoms with Gasteiger partial charge in [-0.3, -0.25) is 4.98 Å². The van der Waals surface area contributed by atoms with Crippen molar-refractivity contribution in [3.63, 3.8) is 0 Å². The van der Waals surface area contributed by atoms with Gasteiger partial charge in [-0.05, 0) is 38.0 Å². The maximum Gasteiger partial charge on any atom is 0.169 e. The van der Waals surface area contributed by atoms with Crippen LogP contribution in [0.1, 0.15) is 25.3 Å². The zero-order chi connectivity index (χ0) is 14.5. The predicted molar refractivity (Wildman–Crippen MR) is 81.8 cm³/mol. The van der Waals surface area contributed by atoms with Crippen molar-refractivity contribution in [1.29, 1.82) is 0 Å². The molecule has 0 bridgehead atoms. The molecule has 1 fully saturated rings. The lowest BCUT2D eigenvalue weighted by Gasteiger charge is -2.14. The van der Waals surface area contributed by atoms with E-state index in [4.69, 9.17) is 9.47 Å². The lowest BCUT2D eigenvalue weighted by molar-refractivity contribution is 0.320. The molecule has 1 heterocycles. The molecule has 4 heteroatoms. The largest absolute Gasteiger partial charge is 0.490 e. The van der Waals surface area contributed by atoms with Crippen molar-refractivity contribution in [1.82, 2.24) is 10.3 Å². The zero-order valence-electron chi connectivity index (χ0n) is 12.2. The van der Waals surface area contributed by atoms with Crippen LogP contribution in [0.2, 0.25) is 0 Å². The zero-order valence-corrected chi connectivity index (χ0v) is 12.2. The number of para-hydroxylation sites is 2. The van der Waals surface area contributed by atoms with Crippen LogP contribution in [0.3, 0.4) is 0 Å². The van der Waals surface area contributed by atoms with Crippen molar-refractivity contribution in [2.45, 2.75) is 32.4 Å². The highest BCUT2D eigenvalue weighted by molar-refractivity contribution is 5.44. The molecule has 0 saturated heterocycles. The molecule has 0 aliphatic heterocycles. The number of benzene rings is 1. The topological polar surface area (TPSA) is 43.4 Å². The minimum Gasteiger partial charge on any atom is -0.490 e. The standard InChI is InChI=1S/C17H20N2O2/c1-2-20-16-5-3-4-6-17(16)21-15-9-10-18-11-13(15)12-19-14-7-8-14/h3-6,9-11,14,19H,2,7-8,12H2,1H3. The summed E-state index contributed by atoms with van der Waals surface area (Å²) < 4.78 is 11.6. The fourth-order valence-electron chi connectivity index (χ4n) is 2.12. The van der Waals surface area contributed by atoms with Gasteiger partial charge in [-0.1, -0.05) is 12.1 Å². The molecule has 1 saturated carbocycles. The second kappa shape index (κ2) is 6.59. The maximum atomic E-state index is 6.04. The average Bonchev–Trinajstić information content (AvgIpc) is 3.33. The first-order valence-electron chi connectivity index (χ1n) is 7.42. The summed E-state index contributed by atoms with van der Waals surface area (Å²) in [6.07, 6.45) is 6.14. The summed E-state index contributed by atoms with van der Waals surface area (Å²) in [6, 6.07) is 10.3. The SMILES string of the molecule is CCOc1ccccc1Oc1ccncc1CNC1CC1. The summed E-state index contributed by atoms with van der Waals surface area (Å²) in [5.41, 5.74) is 1.07. The van der Waals surface area contributed by atoms with E-state index in [1.807, 2.05) is 43.5 Å². The van der Waals surface area contributed by atoms with E-state index in [0.29, 0.717) is 12.6 Å². The van der Waals surface area contributed by atoms with Gasteiger partial charge in [0.15, 0.2) is 11.5 Å². The number of ether oxygens (including phenoxy) is 2. The third-order valence-electron chi connectivity index (χ3n) is 3.39. The molecule has 0 amide bonds.